The molecule has 3 aromatic carbocycles. The number of nitro groups is 1. The summed E-state index contributed by atoms with van der Waals surface area (Å²) in [6.07, 6.45) is 5.27. The first-order chi connectivity index (χ1) is 25.6. The predicted molar refractivity (Wildman–Crippen MR) is 204 cm³/mol. The van der Waals surface area contributed by atoms with E-state index in [4.69, 9.17) is 0 Å². The number of carbonyl (C=O) groups excluding carboxylic acids is 1. The monoisotopic (exact) mass is 754 g/mol. The lowest BCUT2D eigenvalue weighted by atomic mass is 9.98. The maximum atomic E-state index is 13.8. The number of piperazine rings is 1. The molecule has 1 aliphatic heterocycles. The van der Waals surface area contributed by atoms with Crippen molar-refractivity contribution in [1.82, 2.24) is 24.8 Å². The Morgan fingerprint density at radius 1 is 0.962 bits per heavy atom. The number of aryl methyl sites for hydroxylation is 1. The third kappa shape index (κ3) is 9.27. The van der Waals surface area contributed by atoms with Crippen LogP contribution in [0.15, 0.2) is 107 Å². The molecule has 274 valence electrons. The first-order valence-electron chi connectivity index (χ1n) is 16.9. The molecule has 16 heteroatoms. The fourth-order valence-electron chi connectivity index (χ4n) is 6.10. The molecular formula is C37H38N8O6S2. The molecule has 1 aliphatic rings. The lowest BCUT2D eigenvalue weighted by Crippen LogP contribution is -2.46. The number of sulfonamides is 1. The van der Waals surface area contributed by atoms with Gasteiger partial charge in [-0.1, -0.05) is 43.3 Å². The fraction of sp³-hybridized carbons (Fsp3) is 0.243. The zero-order chi connectivity index (χ0) is 37.4. The largest absolute Gasteiger partial charge is 0.506 e. The molecule has 1 saturated heterocycles. The molecule has 1 fully saturated rings. The number of carbonyl (C=O) groups is 1. The number of rotatable bonds is 14. The molecule has 3 heterocycles. The van der Waals surface area contributed by atoms with Crippen molar-refractivity contribution in [1.29, 1.82) is 0 Å². The van der Waals surface area contributed by atoms with Gasteiger partial charge in [-0.25, -0.2) is 13.1 Å². The van der Waals surface area contributed by atoms with Crippen LogP contribution in [-0.2, 0) is 23.0 Å². The van der Waals surface area contributed by atoms with E-state index in [9.17, 15) is 28.4 Å². The van der Waals surface area contributed by atoms with E-state index in [1.165, 1.54) is 30.6 Å². The maximum Gasteiger partial charge on any atom is 0.293 e. The summed E-state index contributed by atoms with van der Waals surface area (Å²) in [4.78, 5) is 33.5. The van der Waals surface area contributed by atoms with Gasteiger partial charge in [-0.3, -0.25) is 24.8 Å². The quantitative estimate of drug-likeness (QED) is 0.0571. The van der Waals surface area contributed by atoms with Crippen molar-refractivity contribution in [3.8, 4) is 16.9 Å². The van der Waals surface area contributed by atoms with Gasteiger partial charge < -0.3 is 15.3 Å². The van der Waals surface area contributed by atoms with Crippen molar-refractivity contribution in [2.45, 2.75) is 29.7 Å². The van der Waals surface area contributed by atoms with Crippen molar-refractivity contribution in [2.24, 2.45) is 0 Å². The van der Waals surface area contributed by atoms with Crippen molar-refractivity contribution in [2.75, 3.05) is 48.7 Å². The average Bonchev–Trinajstić information content (AvgIpc) is 3.17. The number of hydrogen-bond donors (Lipinski definition) is 3. The van der Waals surface area contributed by atoms with Gasteiger partial charge in [-0.2, -0.15) is 5.10 Å². The number of nitrogens with one attached hydrogen (secondary N) is 2. The molecule has 2 aromatic heterocycles. The lowest BCUT2D eigenvalue weighted by molar-refractivity contribution is -0.384. The molecule has 0 saturated carbocycles. The number of pyridine rings is 1. The van der Waals surface area contributed by atoms with Crippen molar-refractivity contribution >= 4 is 44.8 Å². The molecule has 3 N–H and O–H groups in total. The van der Waals surface area contributed by atoms with Gasteiger partial charge in [-0.05, 0) is 59.5 Å². The van der Waals surface area contributed by atoms with E-state index in [1.807, 2.05) is 46.0 Å². The highest BCUT2D eigenvalue weighted by Crippen LogP contribution is 2.37. The van der Waals surface area contributed by atoms with E-state index in [0.29, 0.717) is 45.0 Å². The Morgan fingerprint density at radius 2 is 1.75 bits per heavy atom. The zero-order valence-corrected chi connectivity index (χ0v) is 30.5. The molecular weight excluding hydrogens is 717 g/mol. The van der Waals surface area contributed by atoms with Crippen molar-refractivity contribution in [3.63, 3.8) is 0 Å². The molecule has 53 heavy (non-hydrogen) atoms. The fourth-order valence-corrected chi connectivity index (χ4v) is 8.08. The predicted octanol–water partition coefficient (Wildman–Crippen LogP) is 5.36. The van der Waals surface area contributed by atoms with Crippen LogP contribution in [0.3, 0.4) is 0 Å². The highest BCUT2D eigenvalue weighted by molar-refractivity contribution is 7.99. The SMILES string of the molecule is CCc1cc(-c2cncc(O)c2)ccc1CN1CCN(c2cc(NCCSc3ccccc3)c([N+](=O)[O-])cc2S(=O)(=O)NC(=O)c2cccnn2)CC1. The van der Waals surface area contributed by atoms with Gasteiger partial charge in [0.2, 0.25) is 0 Å². The zero-order valence-electron chi connectivity index (χ0n) is 28.9. The van der Waals surface area contributed by atoms with Crippen LogP contribution in [0.2, 0.25) is 0 Å². The minimum absolute atomic E-state index is 0.101. The summed E-state index contributed by atoms with van der Waals surface area (Å²) in [5, 5.41) is 32.7. The Hall–Kier alpha value is -5.58. The highest BCUT2D eigenvalue weighted by atomic mass is 32.2. The standard InChI is InChI=1S/C37H38N8O6S2/c1-2-26-19-27(29-20-30(46)24-38-23-29)10-11-28(26)25-43-14-16-44(17-15-43)35-21-33(39-13-18-52-31-7-4-3-5-8-31)34(45(48)49)22-36(35)53(50,51)42-37(47)32-9-6-12-40-41-32/h3-12,19-24,39,46H,2,13-18,25H2,1H3,(H,42,47). The van der Waals surface area contributed by atoms with E-state index in [-0.39, 0.29) is 27.7 Å². The number of nitrogens with zero attached hydrogens (tertiary/aromatic N) is 6. The van der Waals surface area contributed by atoms with Crippen molar-refractivity contribution < 1.29 is 23.2 Å². The second-order valence-corrected chi connectivity index (χ2v) is 15.1. The molecule has 0 spiro atoms. The van der Waals surface area contributed by atoms with Crippen LogP contribution in [0.4, 0.5) is 17.1 Å². The molecule has 14 nitrogen and oxygen atoms in total. The Kier molecular flexibility index (Phi) is 11.8. The second kappa shape index (κ2) is 16.8. The smallest absolute Gasteiger partial charge is 0.293 e. The van der Waals surface area contributed by atoms with Gasteiger partial charge in [0.25, 0.3) is 21.6 Å². The summed E-state index contributed by atoms with van der Waals surface area (Å²) in [6.45, 7) is 5.16. The third-order valence-corrected chi connectivity index (χ3v) is 11.2. The van der Waals surface area contributed by atoms with E-state index in [0.717, 1.165) is 39.6 Å². The normalized spacial score (nSPS) is 13.4. The first kappa shape index (κ1) is 37.2. The van der Waals surface area contributed by atoms with Crippen LogP contribution in [-0.4, -0.2) is 82.9 Å². The van der Waals surface area contributed by atoms with Gasteiger partial charge in [0.05, 0.1) is 16.8 Å². The average molecular weight is 755 g/mol. The van der Waals surface area contributed by atoms with Gasteiger partial charge in [0.15, 0.2) is 5.69 Å². The van der Waals surface area contributed by atoms with Crippen LogP contribution in [0.25, 0.3) is 11.1 Å². The second-order valence-electron chi connectivity index (χ2n) is 12.3. The summed E-state index contributed by atoms with van der Waals surface area (Å²) in [5.74, 6) is -0.298. The molecule has 6 rings (SSSR count). The van der Waals surface area contributed by atoms with Crippen LogP contribution in [0, 0.1) is 10.1 Å². The highest BCUT2D eigenvalue weighted by Gasteiger charge is 2.31. The van der Waals surface area contributed by atoms with Gasteiger partial charge in [-0.15, -0.1) is 16.9 Å². The van der Waals surface area contributed by atoms with Crippen LogP contribution in [0.1, 0.15) is 28.5 Å². The number of amides is 1. The molecule has 0 radical (unpaired) electrons. The third-order valence-electron chi connectivity index (χ3n) is 8.78. The van der Waals surface area contributed by atoms with E-state index < -0.39 is 26.5 Å². The summed E-state index contributed by atoms with van der Waals surface area (Å²) in [5.41, 5.74) is 3.88. The minimum atomic E-state index is -4.60. The topological polar surface area (TPSA) is 184 Å². The Balaban J connectivity index is 1.24. The number of aromatic hydroxyl groups is 1. The van der Waals surface area contributed by atoms with Gasteiger partial charge in [0, 0.05) is 73.9 Å². The Bertz CT molecular complexity index is 2190. The maximum absolute atomic E-state index is 13.8. The Labute approximate surface area is 311 Å². The van der Waals surface area contributed by atoms with Crippen LogP contribution >= 0.6 is 11.8 Å². The molecule has 0 atom stereocenters. The van der Waals surface area contributed by atoms with E-state index >= 15 is 0 Å². The van der Waals surface area contributed by atoms with Crippen molar-refractivity contribution in [3.05, 3.63) is 124 Å². The number of hydrogen-bond acceptors (Lipinski definition) is 13. The minimum Gasteiger partial charge on any atom is -0.506 e. The number of anilines is 2. The van der Waals surface area contributed by atoms with Crippen LogP contribution < -0.4 is 14.9 Å². The number of nitro benzene ring substituents is 1. The summed E-state index contributed by atoms with van der Waals surface area (Å²) in [7, 11) is -4.60. The summed E-state index contributed by atoms with van der Waals surface area (Å²) in [6, 6.07) is 22.9. The number of thioether (sulfide) groups is 1. The number of benzene rings is 3. The molecule has 1 amide bonds. The molecule has 0 aliphatic carbocycles. The van der Waals surface area contributed by atoms with Crippen LogP contribution in [0.5, 0.6) is 5.75 Å². The number of aromatic nitrogens is 3. The summed E-state index contributed by atoms with van der Waals surface area (Å²) < 4.78 is 29.7. The van der Waals surface area contributed by atoms with E-state index in [2.05, 4.69) is 44.5 Å². The first-order valence-corrected chi connectivity index (χ1v) is 19.4. The van der Waals surface area contributed by atoms with E-state index in [1.54, 1.807) is 24.0 Å². The molecule has 5 aromatic rings. The Morgan fingerprint density at radius 3 is 2.45 bits per heavy atom. The lowest BCUT2D eigenvalue weighted by Gasteiger charge is -2.37. The van der Waals surface area contributed by atoms with Gasteiger partial charge >= 0.3 is 0 Å². The summed E-state index contributed by atoms with van der Waals surface area (Å²) >= 11 is 1.59. The van der Waals surface area contributed by atoms with Gasteiger partial charge in [0.1, 0.15) is 16.3 Å². The molecule has 0 bridgehead atoms. The molecule has 0 unspecified atom stereocenters.